The predicted octanol–water partition coefficient (Wildman–Crippen LogP) is 4.51. The Labute approximate surface area is 128 Å². The Hall–Kier alpha value is -2.26. The van der Waals surface area contributed by atoms with Crippen molar-refractivity contribution in [2.24, 2.45) is 0 Å². The van der Waals surface area contributed by atoms with E-state index in [0.29, 0.717) is 5.02 Å². The summed E-state index contributed by atoms with van der Waals surface area (Å²) in [4.78, 5) is 4.33. The van der Waals surface area contributed by atoms with Crippen molar-refractivity contribution < 1.29 is 4.74 Å². The van der Waals surface area contributed by atoms with Crippen molar-refractivity contribution in [1.82, 2.24) is 4.98 Å². The van der Waals surface area contributed by atoms with Gasteiger partial charge in [0.2, 0.25) is 0 Å². The Balaban J connectivity index is 1.83. The minimum Gasteiger partial charge on any atom is -0.497 e. The number of hydrogen-bond donors (Lipinski definition) is 1. The van der Waals surface area contributed by atoms with Crippen LogP contribution in [0.4, 0.5) is 5.69 Å². The molecule has 106 valence electrons. The van der Waals surface area contributed by atoms with E-state index >= 15 is 0 Å². The maximum atomic E-state index is 6.18. The first-order valence-corrected chi connectivity index (χ1v) is 7.06. The van der Waals surface area contributed by atoms with Crippen LogP contribution >= 0.6 is 11.6 Å². The lowest BCUT2D eigenvalue weighted by Crippen LogP contribution is -2.00. The van der Waals surface area contributed by atoms with E-state index in [2.05, 4.69) is 10.3 Å². The number of rotatable bonds is 4. The summed E-state index contributed by atoms with van der Waals surface area (Å²) < 4.78 is 5.16. The molecule has 4 heteroatoms. The van der Waals surface area contributed by atoms with Crippen molar-refractivity contribution in [3.8, 4) is 5.75 Å². The second-order valence-electron chi connectivity index (χ2n) is 4.70. The van der Waals surface area contributed by atoms with Crippen molar-refractivity contribution in [3.63, 3.8) is 0 Å². The van der Waals surface area contributed by atoms with Gasteiger partial charge in [0.05, 0.1) is 17.6 Å². The summed E-state index contributed by atoms with van der Waals surface area (Å²) in [5.74, 6) is 0.861. The summed E-state index contributed by atoms with van der Waals surface area (Å²) in [5, 5.41) is 5.12. The van der Waals surface area contributed by atoms with Crippen LogP contribution in [0, 0.1) is 0 Å². The SMILES string of the molecule is COc1ccc(CNc2ccc(Cl)c3ncccc23)cc1. The highest BCUT2D eigenvalue weighted by Crippen LogP contribution is 2.28. The van der Waals surface area contributed by atoms with Crippen LogP contribution in [0.1, 0.15) is 5.56 Å². The van der Waals surface area contributed by atoms with Gasteiger partial charge in [0.15, 0.2) is 0 Å². The molecule has 1 N–H and O–H groups in total. The fourth-order valence-electron chi connectivity index (χ4n) is 2.23. The molecule has 0 saturated carbocycles. The third kappa shape index (κ3) is 2.93. The first-order valence-electron chi connectivity index (χ1n) is 6.68. The Morgan fingerprint density at radius 2 is 1.90 bits per heavy atom. The third-order valence-corrected chi connectivity index (χ3v) is 3.67. The van der Waals surface area contributed by atoms with Crippen molar-refractivity contribution >= 4 is 28.2 Å². The molecule has 0 radical (unpaired) electrons. The predicted molar refractivity (Wildman–Crippen MR) is 87.1 cm³/mol. The number of methoxy groups -OCH3 is 1. The molecule has 0 saturated heterocycles. The molecule has 0 aliphatic heterocycles. The van der Waals surface area contributed by atoms with E-state index in [1.54, 1.807) is 13.3 Å². The molecular weight excluding hydrogens is 284 g/mol. The number of benzene rings is 2. The summed E-state index contributed by atoms with van der Waals surface area (Å²) in [6.45, 7) is 0.732. The average molecular weight is 299 g/mol. The van der Waals surface area contributed by atoms with Gasteiger partial charge in [0.25, 0.3) is 0 Å². The van der Waals surface area contributed by atoms with E-state index in [9.17, 15) is 0 Å². The van der Waals surface area contributed by atoms with Gasteiger partial charge in [-0.1, -0.05) is 23.7 Å². The molecule has 0 atom stereocenters. The number of hydrogen-bond acceptors (Lipinski definition) is 3. The standard InChI is InChI=1S/C17H15ClN2O/c1-21-13-6-4-12(5-7-13)11-20-16-9-8-15(18)17-14(16)3-2-10-19-17/h2-10,20H,11H2,1H3. The smallest absolute Gasteiger partial charge is 0.118 e. The molecule has 0 fully saturated rings. The Kier molecular flexibility index (Phi) is 3.93. The molecule has 21 heavy (non-hydrogen) atoms. The zero-order valence-corrected chi connectivity index (χ0v) is 12.4. The van der Waals surface area contributed by atoms with Crippen LogP contribution in [0.5, 0.6) is 5.75 Å². The van der Waals surface area contributed by atoms with Gasteiger partial charge in [-0.2, -0.15) is 0 Å². The van der Waals surface area contributed by atoms with E-state index in [4.69, 9.17) is 16.3 Å². The van der Waals surface area contributed by atoms with E-state index in [1.807, 2.05) is 48.5 Å². The van der Waals surface area contributed by atoms with Crippen LogP contribution < -0.4 is 10.1 Å². The molecular formula is C17H15ClN2O. The summed E-state index contributed by atoms with van der Waals surface area (Å²) >= 11 is 6.18. The monoisotopic (exact) mass is 298 g/mol. The molecule has 3 rings (SSSR count). The van der Waals surface area contributed by atoms with Gasteiger partial charge in [0, 0.05) is 23.8 Å². The zero-order valence-electron chi connectivity index (χ0n) is 11.6. The first kappa shape index (κ1) is 13.7. The second kappa shape index (κ2) is 6.02. The van der Waals surface area contributed by atoms with Gasteiger partial charge < -0.3 is 10.1 Å². The number of ether oxygens (including phenoxy) is 1. The minimum atomic E-state index is 0.667. The van der Waals surface area contributed by atoms with Crippen LogP contribution in [-0.4, -0.2) is 12.1 Å². The lowest BCUT2D eigenvalue weighted by Gasteiger charge is -2.10. The van der Waals surface area contributed by atoms with E-state index in [0.717, 1.165) is 28.9 Å². The molecule has 2 aromatic carbocycles. The second-order valence-corrected chi connectivity index (χ2v) is 5.10. The molecule has 0 spiro atoms. The maximum absolute atomic E-state index is 6.18. The summed E-state index contributed by atoms with van der Waals surface area (Å²) in [6, 6.07) is 15.8. The zero-order chi connectivity index (χ0) is 14.7. The van der Waals surface area contributed by atoms with E-state index < -0.39 is 0 Å². The van der Waals surface area contributed by atoms with Crippen molar-refractivity contribution in [1.29, 1.82) is 0 Å². The van der Waals surface area contributed by atoms with Gasteiger partial charge in [0.1, 0.15) is 5.75 Å². The van der Waals surface area contributed by atoms with Crippen LogP contribution in [0.15, 0.2) is 54.7 Å². The molecule has 3 nitrogen and oxygen atoms in total. The molecule has 0 aliphatic rings. The molecule has 0 aliphatic carbocycles. The summed E-state index contributed by atoms with van der Waals surface area (Å²) in [7, 11) is 1.67. The fourth-order valence-corrected chi connectivity index (χ4v) is 2.45. The molecule has 1 heterocycles. The summed E-state index contributed by atoms with van der Waals surface area (Å²) in [5.41, 5.74) is 3.03. The first-order chi connectivity index (χ1) is 10.3. The van der Waals surface area contributed by atoms with Gasteiger partial charge in [-0.3, -0.25) is 4.98 Å². The highest BCUT2D eigenvalue weighted by molar-refractivity contribution is 6.35. The Morgan fingerprint density at radius 3 is 2.67 bits per heavy atom. The number of halogens is 1. The van der Waals surface area contributed by atoms with E-state index in [1.165, 1.54) is 5.56 Å². The third-order valence-electron chi connectivity index (χ3n) is 3.36. The number of aromatic nitrogens is 1. The topological polar surface area (TPSA) is 34.1 Å². The number of fused-ring (bicyclic) bond motifs is 1. The lowest BCUT2D eigenvalue weighted by molar-refractivity contribution is 0.414. The van der Waals surface area contributed by atoms with Gasteiger partial charge >= 0.3 is 0 Å². The van der Waals surface area contributed by atoms with E-state index in [-0.39, 0.29) is 0 Å². The van der Waals surface area contributed by atoms with Crippen LogP contribution in [0.2, 0.25) is 5.02 Å². The lowest BCUT2D eigenvalue weighted by atomic mass is 10.1. The quantitative estimate of drug-likeness (QED) is 0.769. The van der Waals surface area contributed by atoms with Gasteiger partial charge in [-0.15, -0.1) is 0 Å². The van der Waals surface area contributed by atoms with Crippen LogP contribution in [-0.2, 0) is 6.54 Å². The van der Waals surface area contributed by atoms with Gasteiger partial charge in [-0.05, 0) is 42.0 Å². The fraction of sp³-hybridized carbons (Fsp3) is 0.118. The highest BCUT2D eigenvalue weighted by Gasteiger charge is 2.05. The number of nitrogens with zero attached hydrogens (tertiary/aromatic N) is 1. The average Bonchev–Trinajstić information content (AvgIpc) is 2.55. The van der Waals surface area contributed by atoms with Crippen molar-refractivity contribution in [3.05, 3.63) is 65.3 Å². The Bertz CT molecular complexity index is 756. The largest absolute Gasteiger partial charge is 0.497 e. The number of pyridine rings is 1. The summed E-state index contributed by atoms with van der Waals surface area (Å²) in [6.07, 6.45) is 1.75. The minimum absolute atomic E-state index is 0.667. The number of anilines is 1. The van der Waals surface area contributed by atoms with Crippen molar-refractivity contribution in [2.75, 3.05) is 12.4 Å². The van der Waals surface area contributed by atoms with Crippen molar-refractivity contribution in [2.45, 2.75) is 6.54 Å². The Morgan fingerprint density at radius 1 is 1.10 bits per heavy atom. The molecule has 0 amide bonds. The van der Waals surface area contributed by atoms with Crippen LogP contribution in [0.25, 0.3) is 10.9 Å². The molecule has 1 aromatic heterocycles. The molecule has 0 bridgehead atoms. The highest BCUT2D eigenvalue weighted by atomic mass is 35.5. The normalized spacial score (nSPS) is 10.6. The van der Waals surface area contributed by atoms with Crippen LogP contribution in [0.3, 0.4) is 0 Å². The van der Waals surface area contributed by atoms with Gasteiger partial charge in [-0.25, -0.2) is 0 Å². The molecule has 0 unspecified atom stereocenters. The molecule has 3 aromatic rings. The number of nitrogens with one attached hydrogen (secondary N) is 1. The maximum Gasteiger partial charge on any atom is 0.118 e.